The van der Waals surface area contributed by atoms with Gasteiger partial charge in [-0.05, 0) is 25.8 Å². The summed E-state index contributed by atoms with van der Waals surface area (Å²) in [4.78, 5) is 17.0. The number of hydrogen-bond donors (Lipinski definition) is 1. The summed E-state index contributed by atoms with van der Waals surface area (Å²) in [7, 11) is -1.09. The molecule has 0 aromatic heterocycles. The molecule has 1 rings (SSSR count). The van der Waals surface area contributed by atoms with Crippen molar-refractivity contribution in [1.29, 1.82) is 0 Å². The second-order valence-electron chi connectivity index (χ2n) is 5.50. The quantitative estimate of drug-likeness (QED) is 0.607. The van der Waals surface area contributed by atoms with Crippen LogP contribution in [0, 0.1) is 0 Å². The molecule has 0 unspecified atom stereocenters. The van der Waals surface area contributed by atoms with Crippen molar-refractivity contribution in [2.75, 3.05) is 6.61 Å². The maximum Gasteiger partial charge on any atom is 0.325 e. The minimum absolute atomic E-state index is 0.200. The highest BCUT2D eigenvalue weighted by atomic mass is 28.3. The van der Waals surface area contributed by atoms with Crippen LogP contribution in [0.25, 0.3) is 0 Å². The van der Waals surface area contributed by atoms with E-state index in [0.717, 1.165) is 18.9 Å². The number of rotatable bonds is 4. The highest BCUT2D eigenvalue weighted by Crippen LogP contribution is 2.21. The summed E-state index contributed by atoms with van der Waals surface area (Å²) in [6, 6.07) is 0.855. The fourth-order valence-electron chi connectivity index (χ4n) is 1.88. The van der Waals surface area contributed by atoms with E-state index in [2.05, 4.69) is 25.1 Å². The van der Waals surface area contributed by atoms with Crippen LogP contribution in [-0.2, 0) is 14.4 Å². The van der Waals surface area contributed by atoms with Gasteiger partial charge in [-0.2, -0.15) is 5.48 Å². The lowest BCUT2D eigenvalue weighted by atomic mass is 10.1. The predicted molar refractivity (Wildman–Crippen MR) is 65.8 cm³/mol. The number of ether oxygens (including phenoxy) is 1. The maximum absolute atomic E-state index is 11.4. The molecule has 1 heterocycles. The van der Waals surface area contributed by atoms with Crippen molar-refractivity contribution in [3.05, 3.63) is 0 Å². The van der Waals surface area contributed by atoms with Gasteiger partial charge >= 0.3 is 5.97 Å². The fraction of sp³-hybridized carbons (Fsp3) is 0.909. The van der Waals surface area contributed by atoms with Gasteiger partial charge in [0.1, 0.15) is 6.04 Å². The lowest BCUT2D eigenvalue weighted by Gasteiger charge is -2.31. The van der Waals surface area contributed by atoms with E-state index in [1.807, 2.05) is 6.92 Å². The molecule has 0 saturated carbocycles. The zero-order chi connectivity index (χ0) is 12.2. The molecule has 16 heavy (non-hydrogen) atoms. The zero-order valence-electron chi connectivity index (χ0n) is 10.7. The highest BCUT2D eigenvalue weighted by molar-refractivity contribution is 6.76. The second kappa shape index (κ2) is 5.79. The Balaban J connectivity index is 2.31. The Morgan fingerprint density at radius 3 is 2.56 bits per heavy atom. The first-order valence-electron chi connectivity index (χ1n) is 6.00. The van der Waals surface area contributed by atoms with Gasteiger partial charge in [-0.15, -0.1) is 0 Å². The number of nitrogens with one attached hydrogen (secondary N) is 1. The van der Waals surface area contributed by atoms with Crippen LogP contribution in [0.2, 0.25) is 25.7 Å². The number of esters is 1. The van der Waals surface area contributed by atoms with Gasteiger partial charge in [0.2, 0.25) is 0 Å². The van der Waals surface area contributed by atoms with Crippen LogP contribution >= 0.6 is 0 Å². The van der Waals surface area contributed by atoms with Gasteiger partial charge in [0, 0.05) is 8.07 Å². The Morgan fingerprint density at radius 1 is 1.44 bits per heavy atom. The molecule has 0 radical (unpaired) electrons. The molecule has 0 bridgehead atoms. The molecule has 4 nitrogen and oxygen atoms in total. The number of carbonyl (C=O) groups excluding carboxylic acids is 1. The lowest BCUT2D eigenvalue weighted by Crippen LogP contribution is -2.46. The minimum Gasteiger partial charge on any atom is -0.465 e. The summed E-state index contributed by atoms with van der Waals surface area (Å²) in [5.74, 6) is -0.200. The Kier molecular flexibility index (Phi) is 4.95. The van der Waals surface area contributed by atoms with Crippen molar-refractivity contribution in [2.24, 2.45) is 0 Å². The average molecular weight is 245 g/mol. The first-order valence-corrected chi connectivity index (χ1v) is 9.71. The fourth-order valence-corrected chi connectivity index (χ4v) is 3.54. The van der Waals surface area contributed by atoms with Crippen LogP contribution in [0.15, 0.2) is 0 Å². The van der Waals surface area contributed by atoms with Crippen molar-refractivity contribution in [1.82, 2.24) is 5.48 Å². The van der Waals surface area contributed by atoms with Crippen LogP contribution in [-0.4, -0.2) is 32.8 Å². The van der Waals surface area contributed by atoms with E-state index in [9.17, 15) is 4.79 Å². The lowest BCUT2D eigenvalue weighted by molar-refractivity contribution is -0.157. The van der Waals surface area contributed by atoms with Crippen molar-refractivity contribution in [3.8, 4) is 0 Å². The normalized spacial score (nSPS) is 26.5. The van der Waals surface area contributed by atoms with E-state index in [-0.39, 0.29) is 18.1 Å². The van der Waals surface area contributed by atoms with Crippen molar-refractivity contribution in [2.45, 2.75) is 57.6 Å². The Hall–Kier alpha value is -0.393. The molecule has 5 heteroatoms. The van der Waals surface area contributed by atoms with Crippen LogP contribution in [0.5, 0.6) is 0 Å². The van der Waals surface area contributed by atoms with E-state index < -0.39 is 8.07 Å². The van der Waals surface area contributed by atoms with Gasteiger partial charge in [-0.25, -0.2) is 0 Å². The minimum atomic E-state index is -1.09. The Labute approximate surface area is 98.7 Å². The first-order chi connectivity index (χ1) is 7.42. The maximum atomic E-state index is 11.4. The number of hydrogen-bond acceptors (Lipinski definition) is 4. The standard InChI is InChI=1S/C11H23NO3Si/c1-5-14-11(13)10-7-6-9(15-12-10)8-16(2,3)4/h9-10,12H,5-8H2,1-4H3/t9-,10-/m1/s1. The Morgan fingerprint density at radius 2 is 2.12 bits per heavy atom. The zero-order valence-corrected chi connectivity index (χ0v) is 11.7. The summed E-state index contributed by atoms with van der Waals surface area (Å²) >= 11 is 0. The molecule has 0 aliphatic carbocycles. The largest absolute Gasteiger partial charge is 0.465 e. The van der Waals surface area contributed by atoms with Crippen molar-refractivity contribution in [3.63, 3.8) is 0 Å². The van der Waals surface area contributed by atoms with Gasteiger partial charge < -0.3 is 4.74 Å². The first kappa shape index (κ1) is 13.7. The van der Waals surface area contributed by atoms with Crippen molar-refractivity contribution >= 4 is 14.0 Å². The Bertz CT molecular complexity index is 232. The summed E-state index contributed by atoms with van der Waals surface area (Å²) in [5.41, 5.74) is 2.82. The summed E-state index contributed by atoms with van der Waals surface area (Å²) in [5, 5.41) is 0. The second-order valence-corrected chi connectivity index (χ2v) is 11.0. The van der Waals surface area contributed by atoms with E-state index in [0.29, 0.717) is 6.61 Å². The summed E-state index contributed by atoms with van der Waals surface area (Å²) in [6.07, 6.45) is 2.02. The van der Waals surface area contributed by atoms with Gasteiger partial charge in [-0.1, -0.05) is 19.6 Å². The average Bonchev–Trinajstić information content (AvgIpc) is 2.16. The summed E-state index contributed by atoms with van der Waals surface area (Å²) < 4.78 is 4.94. The van der Waals surface area contributed by atoms with Gasteiger partial charge in [0.25, 0.3) is 0 Å². The van der Waals surface area contributed by atoms with Gasteiger partial charge in [0.15, 0.2) is 0 Å². The SMILES string of the molecule is CCOC(=O)[C@H]1CC[C@H](C[Si](C)(C)C)ON1. The van der Waals surface area contributed by atoms with Crippen LogP contribution in [0.4, 0.5) is 0 Å². The van der Waals surface area contributed by atoms with E-state index in [1.165, 1.54) is 0 Å². The monoisotopic (exact) mass is 245 g/mol. The molecule has 94 valence electrons. The molecule has 1 aliphatic heterocycles. The topological polar surface area (TPSA) is 47.6 Å². The molecule has 0 aromatic rings. The van der Waals surface area contributed by atoms with Crippen LogP contribution in [0.3, 0.4) is 0 Å². The van der Waals surface area contributed by atoms with Gasteiger partial charge in [-0.3, -0.25) is 9.63 Å². The van der Waals surface area contributed by atoms with Crippen molar-refractivity contribution < 1.29 is 14.4 Å². The summed E-state index contributed by atoms with van der Waals surface area (Å²) in [6.45, 7) is 9.22. The molecule has 1 fully saturated rings. The van der Waals surface area contributed by atoms with Crippen LogP contribution in [0.1, 0.15) is 19.8 Å². The molecule has 1 saturated heterocycles. The number of hydroxylamine groups is 1. The molecular weight excluding hydrogens is 222 g/mol. The molecular formula is C11H23NO3Si. The third-order valence-corrected chi connectivity index (χ3v) is 4.25. The third kappa shape index (κ3) is 4.63. The molecule has 2 atom stereocenters. The third-order valence-electron chi connectivity index (χ3n) is 2.57. The van der Waals surface area contributed by atoms with Gasteiger partial charge in [0.05, 0.1) is 12.7 Å². The predicted octanol–water partition coefficient (Wildman–Crippen LogP) is 1.94. The van der Waals surface area contributed by atoms with E-state index >= 15 is 0 Å². The molecule has 1 N–H and O–H groups in total. The smallest absolute Gasteiger partial charge is 0.325 e. The molecule has 0 aromatic carbocycles. The van der Waals surface area contributed by atoms with E-state index in [1.54, 1.807) is 0 Å². The van der Waals surface area contributed by atoms with Crippen LogP contribution < -0.4 is 5.48 Å². The number of carbonyl (C=O) groups is 1. The molecule has 1 aliphatic rings. The molecule has 0 spiro atoms. The molecule has 0 amide bonds. The van der Waals surface area contributed by atoms with E-state index in [4.69, 9.17) is 9.57 Å². The highest BCUT2D eigenvalue weighted by Gasteiger charge is 2.30.